The second kappa shape index (κ2) is 6.11. The Morgan fingerprint density at radius 3 is 2.60 bits per heavy atom. The Balaban J connectivity index is 2.37. The fourth-order valence-electron chi connectivity index (χ4n) is 2.13. The molecule has 1 fully saturated rings. The third kappa shape index (κ3) is 3.49. The molecule has 0 aromatic carbocycles. The van der Waals surface area contributed by atoms with Gasteiger partial charge in [-0.3, -0.25) is 4.79 Å². The number of carbonyl (C=O) groups is 1. The van der Waals surface area contributed by atoms with Crippen LogP contribution in [-0.4, -0.2) is 37.1 Å². The number of nitrogens with zero attached hydrogens (tertiary/aromatic N) is 1. The second-order valence-electron chi connectivity index (χ2n) is 4.37. The Labute approximate surface area is 92.8 Å². The maximum Gasteiger partial charge on any atom is 0.225 e. The van der Waals surface area contributed by atoms with Gasteiger partial charge in [0.2, 0.25) is 5.91 Å². The van der Waals surface area contributed by atoms with Gasteiger partial charge in [0.15, 0.2) is 0 Å². The third-order valence-electron chi connectivity index (χ3n) is 3.21. The van der Waals surface area contributed by atoms with Crippen LogP contribution in [0.5, 0.6) is 0 Å². The monoisotopic (exact) mass is 213 g/mol. The molecule has 0 aromatic rings. The van der Waals surface area contributed by atoms with Gasteiger partial charge in [-0.15, -0.1) is 0 Å². The van der Waals surface area contributed by atoms with Gasteiger partial charge in [-0.2, -0.15) is 0 Å². The van der Waals surface area contributed by atoms with Crippen molar-refractivity contribution in [3.8, 4) is 0 Å². The van der Waals surface area contributed by atoms with E-state index in [1.54, 1.807) is 0 Å². The van der Waals surface area contributed by atoms with E-state index in [1.807, 2.05) is 11.9 Å². The smallest absolute Gasteiger partial charge is 0.225 e. The summed E-state index contributed by atoms with van der Waals surface area (Å²) >= 11 is 0. The summed E-state index contributed by atoms with van der Waals surface area (Å²) in [4.78, 5) is 13.8. The molecule has 0 N–H and O–H groups in total. The normalized spacial score (nSPS) is 20.9. The lowest BCUT2D eigenvalue weighted by Crippen LogP contribution is -2.37. The van der Waals surface area contributed by atoms with Crippen LogP contribution in [0, 0.1) is 5.92 Å². The lowest BCUT2D eigenvalue weighted by molar-refractivity contribution is -0.135. The number of likely N-dealkylation sites (N-methyl/N-ethyl adjacent to an activating group) is 1. The summed E-state index contributed by atoms with van der Waals surface area (Å²) in [7, 11) is 1.89. The third-order valence-corrected chi connectivity index (χ3v) is 3.21. The Morgan fingerprint density at radius 1 is 1.47 bits per heavy atom. The largest absolute Gasteiger partial charge is 0.376 e. The van der Waals surface area contributed by atoms with Crippen LogP contribution in [0.2, 0.25) is 0 Å². The number of amides is 1. The van der Waals surface area contributed by atoms with Gasteiger partial charge in [0, 0.05) is 26.1 Å². The van der Waals surface area contributed by atoms with Crippen LogP contribution in [0.4, 0.5) is 0 Å². The fourth-order valence-corrected chi connectivity index (χ4v) is 2.13. The van der Waals surface area contributed by atoms with Crippen LogP contribution in [-0.2, 0) is 9.53 Å². The SMILES string of the molecule is CCC(CC)C(=O)N(C)CC1CCCO1. The molecule has 88 valence electrons. The van der Waals surface area contributed by atoms with E-state index in [0.29, 0.717) is 0 Å². The van der Waals surface area contributed by atoms with Crippen LogP contribution in [0.3, 0.4) is 0 Å². The summed E-state index contributed by atoms with van der Waals surface area (Å²) in [5, 5.41) is 0. The molecule has 0 aliphatic carbocycles. The van der Waals surface area contributed by atoms with E-state index in [-0.39, 0.29) is 17.9 Å². The summed E-state index contributed by atoms with van der Waals surface area (Å²) in [5.74, 6) is 0.465. The Kier molecular flexibility index (Phi) is 5.09. The van der Waals surface area contributed by atoms with Gasteiger partial charge in [-0.1, -0.05) is 13.8 Å². The lowest BCUT2D eigenvalue weighted by Gasteiger charge is -2.24. The molecule has 0 aromatic heterocycles. The maximum atomic E-state index is 12.0. The van der Waals surface area contributed by atoms with Crippen LogP contribution >= 0.6 is 0 Å². The number of carbonyl (C=O) groups excluding carboxylic acids is 1. The molecule has 0 bridgehead atoms. The molecule has 1 saturated heterocycles. The number of hydrogen-bond donors (Lipinski definition) is 0. The first-order valence-electron chi connectivity index (χ1n) is 6.05. The number of ether oxygens (including phenoxy) is 1. The molecule has 0 spiro atoms. The first-order chi connectivity index (χ1) is 7.19. The van der Waals surface area contributed by atoms with E-state index < -0.39 is 0 Å². The molecule has 1 amide bonds. The maximum absolute atomic E-state index is 12.0. The van der Waals surface area contributed by atoms with E-state index >= 15 is 0 Å². The molecule has 1 unspecified atom stereocenters. The van der Waals surface area contributed by atoms with Gasteiger partial charge >= 0.3 is 0 Å². The van der Waals surface area contributed by atoms with Gasteiger partial charge in [0.05, 0.1) is 6.10 Å². The Hall–Kier alpha value is -0.570. The molecule has 3 heteroatoms. The van der Waals surface area contributed by atoms with E-state index in [9.17, 15) is 4.79 Å². The summed E-state index contributed by atoms with van der Waals surface area (Å²) < 4.78 is 5.53. The average Bonchev–Trinajstić information content (AvgIpc) is 2.72. The highest BCUT2D eigenvalue weighted by Gasteiger charge is 2.23. The van der Waals surface area contributed by atoms with Crippen LogP contribution < -0.4 is 0 Å². The van der Waals surface area contributed by atoms with Crippen molar-refractivity contribution in [2.75, 3.05) is 20.2 Å². The molecule has 0 radical (unpaired) electrons. The van der Waals surface area contributed by atoms with Crippen molar-refractivity contribution in [1.82, 2.24) is 4.90 Å². The Morgan fingerprint density at radius 2 is 2.13 bits per heavy atom. The van der Waals surface area contributed by atoms with Crippen molar-refractivity contribution in [2.45, 2.75) is 45.6 Å². The van der Waals surface area contributed by atoms with Crippen molar-refractivity contribution in [3.63, 3.8) is 0 Å². The zero-order chi connectivity index (χ0) is 11.3. The molecule has 0 saturated carbocycles. The Bertz CT molecular complexity index is 196. The summed E-state index contributed by atoms with van der Waals surface area (Å²) in [6, 6.07) is 0. The molecular weight excluding hydrogens is 190 g/mol. The predicted molar refractivity (Wildman–Crippen MR) is 60.7 cm³/mol. The molecule has 15 heavy (non-hydrogen) atoms. The van der Waals surface area contributed by atoms with Crippen molar-refractivity contribution in [1.29, 1.82) is 0 Å². The van der Waals surface area contributed by atoms with Crippen molar-refractivity contribution in [2.24, 2.45) is 5.92 Å². The zero-order valence-corrected chi connectivity index (χ0v) is 10.2. The van der Waals surface area contributed by atoms with Crippen LogP contribution in [0.15, 0.2) is 0 Å². The van der Waals surface area contributed by atoms with Crippen LogP contribution in [0.1, 0.15) is 39.5 Å². The number of hydrogen-bond acceptors (Lipinski definition) is 2. The minimum atomic E-state index is 0.191. The quantitative estimate of drug-likeness (QED) is 0.699. The summed E-state index contributed by atoms with van der Waals surface area (Å²) in [6.45, 7) is 5.77. The van der Waals surface area contributed by atoms with E-state index in [0.717, 1.165) is 38.8 Å². The van der Waals surface area contributed by atoms with Crippen LogP contribution in [0.25, 0.3) is 0 Å². The molecule has 1 heterocycles. The highest BCUT2D eigenvalue weighted by Crippen LogP contribution is 2.16. The van der Waals surface area contributed by atoms with Gasteiger partial charge in [0.1, 0.15) is 0 Å². The predicted octanol–water partition coefficient (Wildman–Crippen LogP) is 2.06. The van der Waals surface area contributed by atoms with E-state index in [4.69, 9.17) is 4.74 Å². The van der Waals surface area contributed by atoms with E-state index in [1.165, 1.54) is 0 Å². The first-order valence-corrected chi connectivity index (χ1v) is 6.05. The zero-order valence-electron chi connectivity index (χ0n) is 10.2. The fraction of sp³-hybridized carbons (Fsp3) is 0.917. The van der Waals surface area contributed by atoms with Gasteiger partial charge < -0.3 is 9.64 Å². The molecule has 1 rings (SSSR count). The molecule has 1 aliphatic rings. The van der Waals surface area contributed by atoms with Gasteiger partial charge in [-0.25, -0.2) is 0 Å². The topological polar surface area (TPSA) is 29.5 Å². The van der Waals surface area contributed by atoms with E-state index in [2.05, 4.69) is 13.8 Å². The van der Waals surface area contributed by atoms with Crippen molar-refractivity contribution < 1.29 is 9.53 Å². The minimum Gasteiger partial charge on any atom is -0.376 e. The van der Waals surface area contributed by atoms with Gasteiger partial charge in [0.25, 0.3) is 0 Å². The standard InChI is InChI=1S/C12H23NO2/c1-4-10(5-2)12(14)13(3)9-11-7-6-8-15-11/h10-11H,4-9H2,1-3H3. The van der Waals surface area contributed by atoms with Gasteiger partial charge in [-0.05, 0) is 25.7 Å². The lowest BCUT2D eigenvalue weighted by atomic mass is 10.0. The minimum absolute atomic E-state index is 0.191. The van der Waals surface area contributed by atoms with Crippen molar-refractivity contribution >= 4 is 5.91 Å². The highest BCUT2D eigenvalue weighted by atomic mass is 16.5. The number of rotatable bonds is 5. The first kappa shape index (κ1) is 12.5. The summed E-state index contributed by atoms with van der Waals surface area (Å²) in [5.41, 5.74) is 0. The average molecular weight is 213 g/mol. The molecule has 1 aliphatic heterocycles. The summed E-state index contributed by atoms with van der Waals surface area (Å²) in [6.07, 6.45) is 4.38. The highest BCUT2D eigenvalue weighted by molar-refractivity contribution is 5.78. The molecule has 3 nitrogen and oxygen atoms in total. The second-order valence-corrected chi connectivity index (χ2v) is 4.37. The molecule has 1 atom stereocenters. The molecular formula is C12H23NO2. The van der Waals surface area contributed by atoms with Crippen molar-refractivity contribution in [3.05, 3.63) is 0 Å².